The first kappa shape index (κ1) is 17.1. The summed E-state index contributed by atoms with van der Waals surface area (Å²) in [5.41, 5.74) is 3.50. The molecule has 0 bridgehead atoms. The lowest BCUT2D eigenvalue weighted by atomic mass is 10.1. The van der Waals surface area contributed by atoms with Gasteiger partial charge in [-0.3, -0.25) is 4.99 Å². The molecule has 1 aromatic heterocycles. The fourth-order valence-electron chi connectivity index (χ4n) is 2.40. The molecule has 0 unspecified atom stereocenters. The van der Waals surface area contributed by atoms with Gasteiger partial charge in [0.05, 0.1) is 11.4 Å². The number of nitrogens with zero attached hydrogens (tertiary/aromatic N) is 3. The Kier molecular flexibility index (Phi) is 6.66. The van der Waals surface area contributed by atoms with Gasteiger partial charge in [-0.05, 0) is 43.9 Å². The standard InChI is InChI=1S/C18H27N5/c1-4-12-20-18(19-3)21-13-8-9-16-14-23(22-15(16)2)17-10-6-5-7-11-17/h5-7,10-11,14H,4,8-9,12-13H2,1-3H3,(H2,19,20,21). The van der Waals surface area contributed by atoms with Crippen LogP contribution < -0.4 is 10.6 Å². The molecule has 5 nitrogen and oxygen atoms in total. The lowest BCUT2D eigenvalue weighted by molar-refractivity contribution is 0.733. The average molecular weight is 313 g/mol. The zero-order valence-corrected chi connectivity index (χ0v) is 14.3. The Labute approximate surface area is 138 Å². The van der Waals surface area contributed by atoms with Gasteiger partial charge in [-0.25, -0.2) is 4.68 Å². The third-order valence-electron chi connectivity index (χ3n) is 3.70. The molecule has 0 amide bonds. The molecule has 0 aliphatic rings. The van der Waals surface area contributed by atoms with Crippen LogP contribution in [0, 0.1) is 6.92 Å². The maximum Gasteiger partial charge on any atom is 0.190 e. The molecule has 0 radical (unpaired) electrons. The number of para-hydroxylation sites is 1. The Balaban J connectivity index is 1.83. The second kappa shape index (κ2) is 8.98. The first-order valence-corrected chi connectivity index (χ1v) is 8.29. The number of guanidine groups is 1. The van der Waals surface area contributed by atoms with Crippen molar-refractivity contribution < 1.29 is 0 Å². The quantitative estimate of drug-likeness (QED) is 0.469. The average Bonchev–Trinajstić information content (AvgIpc) is 2.96. The SMILES string of the molecule is CCCNC(=NC)NCCCc1cn(-c2ccccc2)nc1C. The van der Waals surface area contributed by atoms with E-state index in [2.05, 4.69) is 52.9 Å². The molecule has 2 N–H and O–H groups in total. The van der Waals surface area contributed by atoms with Crippen LogP contribution in [0.4, 0.5) is 0 Å². The largest absolute Gasteiger partial charge is 0.356 e. The van der Waals surface area contributed by atoms with Gasteiger partial charge < -0.3 is 10.6 Å². The molecule has 2 rings (SSSR count). The molecule has 5 heteroatoms. The van der Waals surface area contributed by atoms with E-state index >= 15 is 0 Å². The first-order chi connectivity index (χ1) is 11.2. The summed E-state index contributed by atoms with van der Waals surface area (Å²) in [5.74, 6) is 0.878. The van der Waals surface area contributed by atoms with Gasteiger partial charge in [0.2, 0.25) is 0 Å². The van der Waals surface area contributed by atoms with Crippen LogP contribution in [0.3, 0.4) is 0 Å². The molecule has 124 valence electrons. The number of rotatable bonds is 7. The van der Waals surface area contributed by atoms with Crippen LogP contribution in [0.25, 0.3) is 5.69 Å². The monoisotopic (exact) mass is 313 g/mol. The van der Waals surface area contributed by atoms with E-state index in [1.165, 1.54) is 5.56 Å². The molecule has 0 fully saturated rings. The van der Waals surface area contributed by atoms with Gasteiger partial charge in [-0.2, -0.15) is 5.10 Å². The lowest BCUT2D eigenvalue weighted by Gasteiger charge is -2.10. The summed E-state index contributed by atoms with van der Waals surface area (Å²) in [6, 6.07) is 10.2. The summed E-state index contributed by atoms with van der Waals surface area (Å²) in [6.45, 7) is 6.07. The van der Waals surface area contributed by atoms with Gasteiger partial charge in [-0.15, -0.1) is 0 Å². The van der Waals surface area contributed by atoms with E-state index in [9.17, 15) is 0 Å². The van der Waals surface area contributed by atoms with Gasteiger partial charge in [0.15, 0.2) is 5.96 Å². The Morgan fingerprint density at radius 3 is 2.61 bits per heavy atom. The summed E-state index contributed by atoms with van der Waals surface area (Å²) < 4.78 is 1.96. The normalized spacial score (nSPS) is 11.5. The highest BCUT2D eigenvalue weighted by molar-refractivity contribution is 5.79. The Hall–Kier alpha value is -2.30. The van der Waals surface area contributed by atoms with Crippen molar-refractivity contribution in [3.05, 3.63) is 47.8 Å². The van der Waals surface area contributed by atoms with E-state index < -0.39 is 0 Å². The van der Waals surface area contributed by atoms with Crippen LogP contribution in [0.1, 0.15) is 31.0 Å². The molecule has 23 heavy (non-hydrogen) atoms. The summed E-state index contributed by atoms with van der Waals surface area (Å²) in [4.78, 5) is 4.21. The fraction of sp³-hybridized carbons (Fsp3) is 0.444. The minimum Gasteiger partial charge on any atom is -0.356 e. The number of aryl methyl sites for hydroxylation is 2. The molecule has 0 aliphatic heterocycles. The van der Waals surface area contributed by atoms with Crippen LogP contribution in [0.15, 0.2) is 41.5 Å². The molecule has 0 saturated carbocycles. The summed E-state index contributed by atoms with van der Waals surface area (Å²) >= 11 is 0. The molecule has 0 atom stereocenters. The second-order valence-electron chi connectivity index (χ2n) is 5.55. The van der Waals surface area contributed by atoms with Crippen molar-refractivity contribution in [3.63, 3.8) is 0 Å². The molecule has 1 heterocycles. The molecule has 0 aliphatic carbocycles. The van der Waals surface area contributed by atoms with Crippen molar-refractivity contribution in [2.24, 2.45) is 4.99 Å². The highest BCUT2D eigenvalue weighted by Gasteiger charge is 2.06. The van der Waals surface area contributed by atoms with Crippen LogP contribution in [-0.4, -0.2) is 35.9 Å². The molecule has 0 spiro atoms. The van der Waals surface area contributed by atoms with Gasteiger partial charge in [0.1, 0.15) is 0 Å². The van der Waals surface area contributed by atoms with Gasteiger partial charge in [0, 0.05) is 26.3 Å². The van der Waals surface area contributed by atoms with Crippen molar-refractivity contribution in [2.75, 3.05) is 20.1 Å². The third kappa shape index (κ3) is 5.13. The molecular formula is C18H27N5. The zero-order valence-electron chi connectivity index (χ0n) is 14.3. The lowest BCUT2D eigenvalue weighted by Crippen LogP contribution is -2.38. The van der Waals surface area contributed by atoms with Crippen LogP contribution >= 0.6 is 0 Å². The van der Waals surface area contributed by atoms with E-state index in [0.717, 1.165) is 49.7 Å². The van der Waals surface area contributed by atoms with Crippen LogP contribution in [0.5, 0.6) is 0 Å². The highest BCUT2D eigenvalue weighted by atomic mass is 15.3. The van der Waals surface area contributed by atoms with E-state index in [4.69, 9.17) is 0 Å². The maximum atomic E-state index is 4.61. The smallest absolute Gasteiger partial charge is 0.190 e. The fourth-order valence-corrected chi connectivity index (χ4v) is 2.40. The number of aromatic nitrogens is 2. The molecule has 1 aromatic carbocycles. The first-order valence-electron chi connectivity index (χ1n) is 8.29. The van der Waals surface area contributed by atoms with Crippen LogP contribution in [0.2, 0.25) is 0 Å². The number of benzene rings is 1. The molecular weight excluding hydrogens is 286 g/mol. The van der Waals surface area contributed by atoms with E-state index in [1.807, 2.05) is 22.9 Å². The Bertz CT molecular complexity index is 616. The second-order valence-corrected chi connectivity index (χ2v) is 5.55. The minimum absolute atomic E-state index is 0.878. The molecule has 2 aromatic rings. The number of nitrogens with one attached hydrogen (secondary N) is 2. The van der Waals surface area contributed by atoms with Gasteiger partial charge in [-0.1, -0.05) is 25.1 Å². The predicted molar refractivity (Wildman–Crippen MR) is 96.3 cm³/mol. The molecule has 0 saturated heterocycles. The van der Waals surface area contributed by atoms with E-state index in [-0.39, 0.29) is 0 Å². The number of hydrogen-bond donors (Lipinski definition) is 2. The van der Waals surface area contributed by atoms with Crippen molar-refractivity contribution in [3.8, 4) is 5.69 Å². The van der Waals surface area contributed by atoms with Crippen molar-refractivity contribution in [2.45, 2.75) is 33.1 Å². The topological polar surface area (TPSA) is 54.2 Å². The maximum absolute atomic E-state index is 4.61. The zero-order chi connectivity index (χ0) is 16.5. The predicted octanol–water partition coefficient (Wildman–Crippen LogP) is 2.69. The Morgan fingerprint density at radius 2 is 1.91 bits per heavy atom. The Morgan fingerprint density at radius 1 is 1.17 bits per heavy atom. The minimum atomic E-state index is 0.878. The highest BCUT2D eigenvalue weighted by Crippen LogP contribution is 2.13. The van der Waals surface area contributed by atoms with Crippen molar-refractivity contribution in [1.82, 2.24) is 20.4 Å². The van der Waals surface area contributed by atoms with Gasteiger partial charge >= 0.3 is 0 Å². The van der Waals surface area contributed by atoms with E-state index in [0.29, 0.717) is 0 Å². The van der Waals surface area contributed by atoms with Crippen molar-refractivity contribution in [1.29, 1.82) is 0 Å². The summed E-state index contributed by atoms with van der Waals surface area (Å²) in [5, 5.41) is 11.2. The third-order valence-corrected chi connectivity index (χ3v) is 3.70. The summed E-state index contributed by atoms with van der Waals surface area (Å²) in [7, 11) is 1.80. The number of hydrogen-bond acceptors (Lipinski definition) is 2. The van der Waals surface area contributed by atoms with Gasteiger partial charge in [0.25, 0.3) is 0 Å². The van der Waals surface area contributed by atoms with Crippen molar-refractivity contribution >= 4 is 5.96 Å². The van der Waals surface area contributed by atoms with E-state index in [1.54, 1.807) is 7.05 Å². The summed E-state index contributed by atoms with van der Waals surface area (Å²) in [6.07, 6.45) is 5.29. The number of aliphatic imine (C=N–C) groups is 1. The van der Waals surface area contributed by atoms with Crippen LogP contribution in [-0.2, 0) is 6.42 Å².